The number of hydrogen-bond acceptors (Lipinski definition) is 4. The maximum Gasteiger partial charge on any atom is 0.0790 e. The smallest absolute Gasteiger partial charge is 0.0790 e. The molecule has 4 heteroatoms. The Labute approximate surface area is 125 Å². The number of likely N-dealkylation sites (N-methyl/N-ethyl adjacent to an activating group) is 1. The maximum absolute atomic E-state index is 6.32. The molecule has 0 radical (unpaired) electrons. The second-order valence-corrected chi connectivity index (χ2v) is 7.26. The van der Waals surface area contributed by atoms with Crippen molar-refractivity contribution in [1.82, 2.24) is 10.2 Å². The van der Waals surface area contributed by atoms with Gasteiger partial charge < -0.3 is 14.8 Å². The third-order valence-electron chi connectivity index (χ3n) is 4.63. The molecule has 20 heavy (non-hydrogen) atoms. The summed E-state index contributed by atoms with van der Waals surface area (Å²) in [5.74, 6) is 0.460. The summed E-state index contributed by atoms with van der Waals surface area (Å²) in [6, 6.07) is 0.878. The molecule has 1 rings (SSSR count). The first-order valence-electron chi connectivity index (χ1n) is 7.76. The molecule has 2 unspecified atom stereocenters. The second-order valence-electron chi connectivity index (χ2n) is 7.26. The van der Waals surface area contributed by atoms with Gasteiger partial charge in [0.25, 0.3) is 0 Å². The molecule has 0 saturated carbocycles. The first kappa shape index (κ1) is 17.9. The van der Waals surface area contributed by atoms with E-state index < -0.39 is 0 Å². The Kier molecular flexibility index (Phi) is 6.02. The van der Waals surface area contributed by atoms with Crippen LogP contribution < -0.4 is 5.32 Å². The zero-order valence-electron chi connectivity index (χ0n) is 14.6. The summed E-state index contributed by atoms with van der Waals surface area (Å²) in [5, 5.41) is 3.48. The van der Waals surface area contributed by atoms with Gasteiger partial charge in [0, 0.05) is 38.2 Å². The van der Waals surface area contributed by atoms with Crippen molar-refractivity contribution in [3.05, 3.63) is 0 Å². The lowest BCUT2D eigenvalue weighted by atomic mass is 9.82. The van der Waals surface area contributed by atoms with Crippen LogP contribution in [0.4, 0.5) is 0 Å². The average Bonchev–Trinajstić information content (AvgIpc) is 2.48. The molecule has 1 aliphatic heterocycles. The van der Waals surface area contributed by atoms with E-state index in [-0.39, 0.29) is 11.2 Å². The normalized spacial score (nSPS) is 28.5. The van der Waals surface area contributed by atoms with Gasteiger partial charge in [0.1, 0.15) is 0 Å². The van der Waals surface area contributed by atoms with Gasteiger partial charge in [-0.25, -0.2) is 0 Å². The van der Waals surface area contributed by atoms with Crippen LogP contribution in [0.5, 0.6) is 0 Å². The average molecular weight is 286 g/mol. The van der Waals surface area contributed by atoms with Gasteiger partial charge in [-0.2, -0.15) is 0 Å². The monoisotopic (exact) mass is 286 g/mol. The lowest BCUT2D eigenvalue weighted by Crippen LogP contribution is -2.51. The van der Waals surface area contributed by atoms with Gasteiger partial charge in [-0.1, -0.05) is 0 Å². The van der Waals surface area contributed by atoms with E-state index in [1.54, 1.807) is 7.11 Å². The van der Waals surface area contributed by atoms with Crippen LogP contribution in [-0.2, 0) is 9.47 Å². The lowest BCUT2D eigenvalue weighted by Gasteiger charge is -2.36. The number of nitrogens with one attached hydrogen (secondary N) is 1. The fourth-order valence-corrected chi connectivity index (χ4v) is 3.60. The van der Waals surface area contributed by atoms with E-state index in [0.717, 1.165) is 19.7 Å². The van der Waals surface area contributed by atoms with Crippen LogP contribution in [0.1, 0.15) is 41.5 Å². The lowest BCUT2D eigenvalue weighted by molar-refractivity contribution is -0.0801. The van der Waals surface area contributed by atoms with Gasteiger partial charge in [0.05, 0.1) is 17.8 Å². The summed E-state index contributed by atoms with van der Waals surface area (Å²) in [4.78, 5) is 2.49. The minimum absolute atomic E-state index is 0.114. The molecule has 0 bridgehead atoms. The highest BCUT2D eigenvalue weighted by molar-refractivity contribution is 5.05. The zero-order valence-corrected chi connectivity index (χ0v) is 14.6. The Morgan fingerprint density at radius 1 is 1.20 bits per heavy atom. The van der Waals surface area contributed by atoms with Crippen molar-refractivity contribution in [3.8, 4) is 0 Å². The highest BCUT2D eigenvalue weighted by Gasteiger charge is 2.53. The number of hydrogen-bond donors (Lipinski definition) is 1. The van der Waals surface area contributed by atoms with Crippen molar-refractivity contribution in [2.45, 2.75) is 64.8 Å². The third kappa shape index (κ3) is 3.94. The minimum atomic E-state index is -0.132. The number of nitrogens with zero attached hydrogens (tertiary/aromatic N) is 1. The number of rotatable bonds is 7. The predicted molar refractivity (Wildman–Crippen MR) is 84.2 cm³/mol. The largest absolute Gasteiger partial charge is 0.383 e. The molecule has 0 spiro atoms. The number of methoxy groups -OCH3 is 1. The Hall–Kier alpha value is -0.160. The Morgan fingerprint density at radius 3 is 2.25 bits per heavy atom. The van der Waals surface area contributed by atoms with Gasteiger partial charge in [-0.15, -0.1) is 0 Å². The molecular formula is C16H34N2O2. The van der Waals surface area contributed by atoms with Crippen LogP contribution in [0.15, 0.2) is 0 Å². The van der Waals surface area contributed by atoms with E-state index in [0.29, 0.717) is 18.0 Å². The van der Waals surface area contributed by atoms with Crippen LogP contribution >= 0.6 is 0 Å². The van der Waals surface area contributed by atoms with Gasteiger partial charge in [0.15, 0.2) is 0 Å². The van der Waals surface area contributed by atoms with Gasteiger partial charge in [-0.05, 0) is 48.6 Å². The molecule has 0 aromatic rings. The molecule has 1 N–H and O–H groups in total. The van der Waals surface area contributed by atoms with Crippen molar-refractivity contribution in [3.63, 3.8) is 0 Å². The molecule has 1 aliphatic rings. The first-order chi connectivity index (χ1) is 9.15. The fourth-order valence-electron chi connectivity index (χ4n) is 3.60. The zero-order chi connectivity index (χ0) is 15.6. The molecule has 120 valence electrons. The van der Waals surface area contributed by atoms with Crippen molar-refractivity contribution in [2.24, 2.45) is 5.92 Å². The van der Waals surface area contributed by atoms with E-state index in [4.69, 9.17) is 9.47 Å². The van der Waals surface area contributed by atoms with Crippen molar-refractivity contribution in [2.75, 3.05) is 33.9 Å². The van der Waals surface area contributed by atoms with Crippen LogP contribution in [0.2, 0.25) is 0 Å². The molecule has 1 heterocycles. The Morgan fingerprint density at radius 2 is 1.80 bits per heavy atom. The summed E-state index contributed by atoms with van der Waals surface area (Å²) in [6.07, 6.45) is 0. The highest BCUT2D eigenvalue weighted by Crippen LogP contribution is 2.42. The highest BCUT2D eigenvalue weighted by atomic mass is 16.5. The van der Waals surface area contributed by atoms with Gasteiger partial charge in [0.2, 0.25) is 0 Å². The van der Waals surface area contributed by atoms with Crippen molar-refractivity contribution < 1.29 is 9.47 Å². The molecule has 1 saturated heterocycles. The molecule has 0 aliphatic carbocycles. The standard InChI is InChI=1S/C16H34N2O2/c1-12(2)18(9-10-19-8)11-13-14(17-7)16(5,6)20-15(13,3)4/h12-14,17H,9-11H2,1-8H3. The van der Waals surface area contributed by atoms with Crippen molar-refractivity contribution in [1.29, 1.82) is 0 Å². The Bertz CT molecular complexity index is 303. The molecular weight excluding hydrogens is 252 g/mol. The van der Waals surface area contributed by atoms with Gasteiger partial charge in [-0.3, -0.25) is 4.90 Å². The summed E-state index contributed by atoms with van der Waals surface area (Å²) in [7, 11) is 3.81. The molecule has 0 aromatic carbocycles. The molecule has 4 nitrogen and oxygen atoms in total. The summed E-state index contributed by atoms with van der Waals surface area (Å²) < 4.78 is 11.6. The minimum Gasteiger partial charge on any atom is -0.383 e. The molecule has 2 atom stereocenters. The van der Waals surface area contributed by atoms with E-state index in [9.17, 15) is 0 Å². The van der Waals surface area contributed by atoms with Crippen LogP contribution in [0.25, 0.3) is 0 Å². The summed E-state index contributed by atoms with van der Waals surface area (Å²) in [5.41, 5.74) is -0.246. The van der Waals surface area contributed by atoms with E-state index in [1.165, 1.54) is 0 Å². The summed E-state index contributed by atoms with van der Waals surface area (Å²) in [6.45, 7) is 16.1. The van der Waals surface area contributed by atoms with Gasteiger partial charge >= 0.3 is 0 Å². The molecule has 0 amide bonds. The summed E-state index contributed by atoms with van der Waals surface area (Å²) >= 11 is 0. The Balaban J connectivity index is 2.85. The van der Waals surface area contributed by atoms with Crippen LogP contribution in [0, 0.1) is 5.92 Å². The molecule has 0 aromatic heterocycles. The van der Waals surface area contributed by atoms with Crippen molar-refractivity contribution >= 4 is 0 Å². The second kappa shape index (κ2) is 6.73. The SMILES string of the molecule is CNC1C(CN(CCOC)C(C)C)C(C)(C)OC1(C)C. The predicted octanol–water partition coefficient (Wildman–Crippen LogP) is 2.13. The maximum atomic E-state index is 6.32. The van der Waals surface area contributed by atoms with Crippen LogP contribution in [0.3, 0.4) is 0 Å². The third-order valence-corrected chi connectivity index (χ3v) is 4.63. The van der Waals surface area contributed by atoms with E-state index in [1.807, 2.05) is 7.05 Å². The number of ether oxygens (including phenoxy) is 2. The topological polar surface area (TPSA) is 33.7 Å². The van der Waals surface area contributed by atoms with E-state index >= 15 is 0 Å². The quantitative estimate of drug-likeness (QED) is 0.777. The first-order valence-corrected chi connectivity index (χ1v) is 7.76. The van der Waals surface area contributed by atoms with Crippen LogP contribution in [-0.4, -0.2) is 62.0 Å². The molecule has 1 fully saturated rings. The fraction of sp³-hybridized carbons (Fsp3) is 1.00. The van der Waals surface area contributed by atoms with E-state index in [2.05, 4.69) is 51.8 Å².